The third-order valence-corrected chi connectivity index (χ3v) is 5.52. The summed E-state index contributed by atoms with van der Waals surface area (Å²) in [6.45, 7) is 3.99. The smallest absolute Gasteiger partial charge is 0.216 e. The minimum atomic E-state index is -3.33. The first-order chi connectivity index (χ1) is 9.84. The van der Waals surface area contributed by atoms with Gasteiger partial charge in [0.15, 0.2) is 0 Å². The lowest BCUT2D eigenvalue weighted by Crippen LogP contribution is -2.33. The molecule has 1 unspecified atom stereocenters. The van der Waals surface area contributed by atoms with Gasteiger partial charge in [0.05, 0.1) is 5.75 Å². The zero-order valence-corrected chi connectivity index (χ0v) is 14.8. The topological polar surface area (TPSA) is 72.2 Å². The fourth-order valence-corrected chi connectivity index (χ4v) is 4.19. The summed E-state index contributed by atoms with van der Waals surface area (Å²) in [4.78, 5) is 0.310. The zero-order valence-electron chi connectivity index (χ0n) is 12.3. The van der Waals surface area contributed by atoms with Crippen molar-refractivity contribution in [3.8, 4) is 0 Å². The van der Waals surface area contributed by atoms with E-state index in [0.717, 1.165) is 29.1 Å². The van der Waals surface area contributed by atoms with Crippen molar-refractivity contribution in [2.75, 3.05) is 11.5 Å². The van der Waals surface area contributed by atoms with Crippen LogP contribution in [0, 0.1) is 0 Å². The molecule has 0 saturated heterocycles. The molecule has 1 aromatic carbocycles. The average molecular weight is 347 g/mol. The summed E-state index contributed by atoms with van der Waals surface area (Å²) in [6, 6.07) is 6.92. The van der Waals surface area contributed by atoms with Crippen molar-refractivity contribution in [3.63, 3.8) is 0 Å². The lowest BCUT2D eigenvalue weighted by molar-refractivity contribution is 0.556. The van der Waals surface area contributed by atoms with Crippen molar-refractivity contribution >= 4 is 39.0 Å². The van der Waals surface area contributed by atoms with E-state index in [0.29, 0.717) is 4.99 Å². The van der Waals surface area contributed by atoms with Gasteiger partial charge in [0.25, 0.3) is 0 Å². The second kappa shape index (κ2) is 8.73. The molecule has 0 radical (unpaired) electrons. The van der Waals surface area contributed by atoms with Crippen LogP contribution in [0.1, 0.15) is 31.4 Å². The highest BCUT2D eigenvalue weighted by atomic mass is 32.2. The Morgan fingerprint density at radius 3 is 2.52 bits per heavy atom. The average Bonchev–Trinajstić information content (AvgIpc) is 2.38. The molecule has 0 aliphatic heterocycles. The first-order valence-electron chi connectivity index (χ1n) is 6.80. The van der Waals surface area contributed by atoms with Crippen LogP contribution < -0.4 is 10.5 Å². The van der Waals surface area contributed by atoms with Gasteiger partial charge in [0, 0.05) is 11.6 Å². The Morgan fingerprint density at radius 1 is 1.38 bits per heavy atom. The maximum absolute atomic E-state index is 12.1. The van der Waals surface area contributed by atoms with Gasteiger partial charge in [-0.2, -0.15) is 11.8 Å². The molecule has 0 spiro atoms. The Bertz CT molecular complexity index is 556. The Hall–Kier alpha value is -0.630. The molecule has 7 heteroatoms. The number of thioether (sulfide) groups is 1. The van der Waals surface area contributed by atoms with Crippen molar-refractivity contribution in [1.29, 1.82) is 0 Å². The Balaban J connectivity index is 2.57. The number of nitrogens with two attached hydrogens (primary N) is 1. The van der Waals surface area contributed by atoms with Gasteiger partial charge in [-0.05, 0) is 30.4 Å². The van der Waals surface area contributed by atoms with E-state index in [1.807, 2.05) is 18.7 Å². The third kappa shape index (κ3) is 7.26. The van der Waals surface area contributed by atoms with Crippen molar-refractivity contribution in [2.45, 2.75) is 32.1 Å². The highest BCUT2D eigenvalue weighted by Gasteiger charge is 2.15. The maximum Gasteiger partial charge on any atom is 0.216 e. The zero-order chi connectivity index (χ0) is 15.9. The van der Waals surface area contributed by atoms with E-state index >= 15 is 0 Å². The number of nitrogens with one attached hydrogen (secondary N) is 1. The Kier molecular flexibility index (Phi) is 7.65. The van der Waals surface area contributed by atoms with Crippen LogP contribution in [0.5, 0.6) is 0 Å². The van der Waals surface area contributed by atoms with Crippen LogP contribution in [0.4, 0.5) is 0 Å². The van der Waals surface area contributed by atoms with Gasteiger partial charge in [-0.3, -0.25) is 0 Å². The first kappa shape index (κ1) is 18.4. The lowest BCUT2D eigenvalue weighted by atomic mass is 10.1. The monoisotopic (exact) mass is 346 g/mol. The number of hydrogen-bond acceptors (Lipinski definition) is 4. The highest BCUT2D eigenvalue weighted by molar-refractivity contribution is 7.99. The summed E-state index contributed by atoms with van der Waals surface area (Å²) >= 11 is 6.68. The fourth-order valence-electron chi connectivity index (χ4n) is 1.80. The van der Waals surface area contributed by atoms with E-state index in [4.69, 9.17) is 18.0 Å². The largest absolute Gasteiger partial charge is 0.389 e. The molecule has 1 atom stereocenters. The molecule has 0 amide bonds. The van der Waals surface area contributed by atoms with Gasteiger partial charge < -0.3 is 5.73 Å². The van der Waals surface area contributed by atoms with Crippen LogP contribution >= 0.6 is 24.0 Å². The summed E-state index contributed by atoms with van der Waals surface area (Å²) in [5, 5.41) is 0. The fraction of sp³-hybridized carbons (Fsp3) is 0.500. The van der Waals surface area contributed by atoms with Crippen LogP contribution in [-0.2, 0) is 15.8 Å². The van der Waals surface area contributed by atoms with Crippen LogP contribution in [-0.4, -0.2) is 31.0 Å². The van der Waals surface area contributed by atoms with E-state index in [1.54, 1.807) is 24.3 Å². The quantitative estimate of drug-likeness (QED) is 0.530. The molecule has 0 saturated carbocycles. The predicted molar refractivity (Wildman–Crippen MR) is 95.2 cm³/mol. The van der Waals surface area contributed by atoms with Crippen molar-refractivity contribution < 1.29 is 8.42 Å². The van der Waals surface area contributed by atoms with Gasteiger partial charge in [-0.15, -0.1) is 0 Å². The van der Waals surface area contributed by atoms with Crippen LogP contribution in [0.25, 0.3) is 0 Å². The van der Waals surface area contributed by atoms with Gasteiger partial charge >= 0.3 is 0 Å². The van der Waals surface area contributed by atoms with Crippen molar-refractivity contribution in [3.05, 3.63) is 35.4 Å². The van der Waals surface area contributed by atoms with E-state index in [-0.39, 0.29) is 11.8 Å². The summed E-state index contributed by atoms with van der Waals surface area (Å²) in [7, 11) is -3.33. The second-order valence-electron chi connectivity index (χ2n) is 4.82. The number of rotatable bonds is 9. The molecule has 4 nitrogen and oxygen atoms in total. The lowest BCUT2D eigenvalue weighted by Gasteiger charge is -2.14. The molecule has 1 aromatic rings. The molecular formula is C14H22N2O2S3. The molecule has 0 bridgehead atoms. The first-order valence-corrected chi connectivity index (χ1v) is 10.0. The van der Waals surface area contributed by atoms with E-state index in [1.165, 1.54) is 0 Å². The summed E-state index contributed by atoms with van der Waals surface area (Å²) in [6.07, 6.45) is 0.831. The minimum Gasteiger partial charge on any atom is -0.389 e. The molecular weight excluding hydrogens is 324 g/mol. The highest BCUT2D eigenvalue weighted by Crippen LogP contribution is 2.10. The number of benzene rings is 1. The number of hydrogen-bond donors (Lipinski definition) is 2. The molecule has 0 aromatic heterocycles. The standard InChI is InChI=1S/C14H22N2O2S3/c1-3-20-9-8-11(2)16-21(17,18)10-12-4-6-13(7-5-12)14(15)19/h4-7,11,16H,3,8-10H2,1-2H3,(H2,15,19). The molecule has 0 aliphatic rings. The molecule has 1 rings (SSSR count). The van der Waals surface area contributed by atoms with Crippen molar-refractivity contribution in [2.24, 2.45) is 5.73 Å². The third-order valence-electron chi connectivity index (χ3n) is 2.88. The predicted octanol–water partition coefficient (Wildman–Crippen LogP) is 2.27. The molecule has 21 heavy (non-hydrogen) atoms. The molecule has 118 valence electrons. The van der Waals surface area contributed by atoms with Gasteiger partial charge in [-0.25, -0.2) is 13.1 Å². The molecule has 0 aliphatic carbocycles. The number of thiocarbonyl (C=S) groups is 1. The van der Waals surface area contributed by atoms with Crippen LogP contribution in [0.2, 0.25) is 0 Å². The van der Waals surface area contributed by atoms with E-state index in [9.17, 15) is 8.42 Å². The van der Waals surface area contributed by atoms with Gasteiger partial charge in [0.2, 0.25) is 10.0 Å². The summed E-state index contributed by atoms with van der Waals surface area (Å²) in [5.41, 5.74) is 6.97. The van der Waals surface area contributed by atoms with E-state index < -0.39 is 10.0 Å². The van der Waals surface area contributed by atoms with E-state index in [2.05, 4.69) is 11.6 Å². The molecule has 3 N–H and O–H groups in total. The Labute approximate surface area is 136 Å². The molecule has 0 heterocycles. The Morgan fingerprint density at radius 2 is 2.00 bits per heavy atom. The molecule has 0 fully saturated rings. The van der Waals surface area contributed by atoms with Crippen LogP contribution in [0.3, 0.4) is 0 Å². The SMILES string of the molecule is CCSCCC(C)NS(=O)(=O)Cc1ccc(C(N)=S)cc1. The summed E-state index contributed by atoms with van der Waals surface area (Å²) in [5.74, 6) is 1.98. The van der Waals surface area contributed by atoms with Gasteiger partial charge in [0.1, 0.15) is 4.99 Å². The summed E-state index contributed by atoms with van der Waals surface area (Å²) < 4.78 is 26.9. The van der Waals surface area contributed by atoms with Crippen molar-refractivity contribution in [1.82, 2.24) is 4.72 Å². The second-order valence-corrected chi connectivity index (χ2v) is 8.41. The minimum absolute atomic E-state index is 0.0319. The maximum atomic E-state index is 12.1. The normalized spacial score (nSPS) is 13.0. The van der Waals surface area contributed by atoms with Crippen LogP contribution in [0.15, 0.2) is 24.3 Å². The number of sulfonamides is 1. The van der Waals surface area contributed by atoms with Gasteiger partial charge in [-0.1, -0.05) is 43.4 Å².